The molecule has 1 heterocycles. The van der Waals surface area contributed by atoms with Crippen molar-refractivity contribution in [2.24, 2.45) is 9.98 Å². The molecule has 0 amide bonds. The van der Waals surface area contributed by atoms with E-state index in [1.54, 1.807) is 18.2 Å². The Hall–Kier alpha value is -3.76. The molecular weight excluding hydrogens is 407 g/mol. The number of carbonyl (C=O) groups excluding carboxylic acids is 1. The Kier molecular flexibility index (Phi) is 5.54. The molecule has 1 aliphatic heterocycles. The lowest BCUT2D eigenvalue weighted by Gasteiger charge is -2.33. The van der Waals surface area contributed by atoms with Crippen LogP contribution in [0.3, 0.4) is 0 Å². The fourth-order valence-electron chi connectivity index (χ4n) is 2.57. The lowest BCUT2D eigenvalue weighted by Crippen LogP contribution is -2.56. The topological polar surface area (TPSA) is 103 Å². The Morgan fingerprint density at radius 1 is 1.13 bits per heavy atom. The third-order valence-corrected chi connectivity index (χ3v) is 4.01. The molecule has 8 nitrogen and oxygen atoms in total. The van der Waals surface area contributed by atoms with Gasteiger partial charge in [-0.3, -0.25) is 10.1 Å². The molecule has 0 bridgehead atoms. The molecule has 3 rings (SSSR count). The number of amidine groups is 1. The second-order valence-electron chi connectivity index (χ2n) is 5.99. The summed E-state index contributed by atoms with van der Waals surface area (Å²) in [7, 11) is 0. The largest absolute Gasteiger partial charge is 0.463 e. The van der Waals surface area contributed by atoms with Crippen LogP contribution in [-0.2, 0) is 14.3 Å². The van der Waals surface area contributed by atoms with Crippen LogP contribution in [0.1, 0.15) is 18.1 Å². The summed E-state index contributed by atoms with van der Waals surface area (Å²) in [5.41, 5.74) is -3.76. The number of nitrogens with zero attached hydrogens (tertiary/aromatic N) is 3. The van der Waals surface area contributed by atoms with Crippen molar-refractivity contribution < 1.29 is 32.4 Å². The zero-order valence-corrected chi connectivity index (χ0v) is 15.4. The van der Waals surface area contributed by atoms with E-state index in [1.807, 2.05) is 0 Å². The van der Waals surface area contributed by atoms with Crippen LogP contribution in [0.25, 0.3) is 0 Å². The zero-order valence-electron chi connectivity index (χ0n) is 15.4. The molecule has 2 aromatic rings. The van der Waals surface area contributed by atoms with Crippen molar-refractivity contribution in [2.45, 2.75) is 18.8 Å². The van der Waals surface area contributed by atoms with Gasteiger partial charge in [0.25, 0.3) is 5.69 Å². The van der Waals surface area contributed by atoms with Crippen molar-refractivity contribution in [1.29, 1.82) is 0 Å². The van der Waals surface area contributed by atoms with E-state index in [4.69, 9.17) is 4.74 Å². The van der Waals surface area contributed by atoms with Crippen LogP contribution in [0.4, 0.5) is 18.9 Å². The normalized spacial score (nSPS) is 18.7. The molecule has 0 radical (unpaired) electrons. The highest BCUT2D eigenvalue weighted by Crippen LogP contribution is 2.39. The number of esters is 1. The summed E-state index contributed by atoms with van der Waals surface area (Å²) in [6.07, 6.45) is -5.28. The van der Waals surface area contributed by atoms with Crippen molar-refractivity contribution >= 4 is 23.4 Å². The minimum atomic E-state index is -5.28. The van der Waals surface area contributed by atoms with Crippen molar-refractivity contribution in [3.8, 4) is 0 Å². The standard InChI is InChI=1S/C19H14F3N3O5/c1-2-29-17(26)18(19(20,21)22)24-15(12-6-4-3-5-7-12)23-16(30-18)13-8-10-14(11-9-13)25(27)28/h3-11H,2H2,1H3. The number of rotatable bonds is 5. The molecule has 0 aliphatic carbocycles. The quantitative estimate of drug-likeness (QED) is 0.417. The highest BCUT2D eigenvalue weighted by atomic mass is 19.4. The van der Waals surface area contributed by atoms with E-state index in [0.717, 1.165) is 24.3 Å². The lowest BCUT2D eigenvalue weighted by molar-refractivity contribution is -0.384. The first-order valence-electron chi connectivity index (χ1n) is 8.59. The van der Waals surface area contributed by atoms with Gasteiger partial charge >= 0.3 is 17.9 Å². The number of nitro benzene ring substituents is 1. The van der Waals surface area contributed by atoms with E-state index < -0.39 is 34.5 Å². The molecule has 156 valence electrons. The number of carbonyl (C=O) groups is 1. The minimum absolute atomic E-state index is 0.0122. The SMILES string of the molecule is CCOC(=O)C1(C(F)(F)F)N=C(c2ccccc2)N=C(c2ccc([N+](=O)[O-])cc2)O1. The van der Waals surface area contributed by atoms with Crippen molar-refractivity contribution in [3.05, 3.63) is 75.8 Å². The Labute approximate surface area is 167 Å². The Morgan fingerprint density at radius 3 is 2.30 bits per heavy atom. The van der Waals surface area contributed by atoms with Crippen molar-refractivity contribution in [1.82, 2.24) is 0 Å². The molecule has 1 atom stereocenters. The summed E-state index contributed by atoms with van der Waals surface area (Å²) < 4.78 is 51.7. The molecule has 11 heteroatoms. The molecule has 0 spiro atoms. The second-order valence-corrected chi connectivity index (χ2v) is 5.99. The van der Waals surface area contributed by atoms with Gasteiger partial charge in [0.2, 0.25) is 5.90 Å². The van der Waals surface area contributed by atoms with Crippen molar-refractivity contribution in [2.75, 3.05) is 6.61 Å². The first-order chi connectivity index (χ1) is 14.2. The van der Waals surface area contributed by atoms with E-state index in [1.165, 1.54) is 19.1 Å². The maximum absolute atomic E-state index is 14.0. The van der Waals surface area contributed by atoms with Gasteiger partial charge in [-0.2, -0.15) is 18.2 Å². The predicted octanol–water partition coefficient (Wildman–Crippen LogP) is 3.64. The number of halogens is 3. The first kappa shape index (κ1) is 21.0. The first-order valence-corrected chi connectivity index (χ1v) is 8.59. The molecule has 0 N–H and O–H groups in total. The Bertz CT molecular complexity index is 1020. The van der Waals surface area contributed by atoms with Crippen LogP contribution in [0, 0.1) is 10.1 Å². The Balaban J connectivity index is 2.18. The van der Waals surface area contributed by atoms with Gasteiger partial charge in [-0.05, 0) is 19.1 Å². The summed E-state index contributed by atoms with van der Waals surface area (Å²) in [4.78, 5) is 30.0. The summed E-state index contributed by atoms with van der Waals surface area (Å²) in [6.45, 7) is 1.01. The second kappa shape index (κ2) is 7.93. The molecule has 0 saturated heterocycles. The van der Waals surface area contributed by atoms with Gasteiger partial charge in [-0.15, -0.1) is 0 Å². The van der Waals surface area contributed by atoms with Gasteiger partial charge in [-0.25, -0.2) is 9.79 Å². The van der Waals surface area contributed by atoms with Crippen LogP contribution in [0.15, 0.2) is 64.6 Å². The smallest absolute Gasteiger partial charge is 0.461 e. The molecular formula is C19H14F3N3O5. The number of hydrogen-bond donors (Lipinski definition) is 0. The highest BCUT2D eigenvalue weighted by Gasteiger charge is 2.67. The number of ether oxygens (including phenoxy) is 2. The number of benzene rings is 2. The average molecular weight is 421 g/mol. The summed E-state index contributed by atoms with van der Waals surface area (Å²) in [6, 6.07) is 12.2. The summed E-state index contributed by atoms with van der Waals surface area (Å²) in [5.74, 6) is -2.73. The third-order valence-electron chi connectivity index (χ3n) is 4.01. The van der Waals surface area contributed by atoms with Gasteiger partial charge < -0.3 is 9.47 Å². The average Bonchev–Trinajstić information content (AvgIpc) is 2.73. The van der Waals surface area contributed by atoms with Crippen LogP contribution < -0.4 is 0 Å². The zero-order chi connectivity index (χ0) is 21.9. The maximum Gasteiger partial charge on any atom is 0.463 e. The van der Waals surface area contributed by atoms with Crippen LogP contribution in [-0.4, -0.2) is 41.1 Å². The molecule has 0 saturated carbocycles. The van der Waals surface area contributed by atoms with Gasteiger partial charge in [-0.1, -0.05) is 30.3 Å². The number of alkyl halides is 3. The highest BCUT2D eigenvalue weighted by molar-refractivity contribution is 6.12. The van der Waals surface area contributed by atoms with Gasteiger partial charge in [0.15, 0.2) is 5.84 Å². The minimum Gasteiger partial charge on any atom is -0.461 e. The molecule has 0 fully saturated rings. The van der Waals surface area contributed by atoms with E-state index in [9.17, 15) is 28.1 Å². The molecule has 30 heavy (non-hydrogen) atoms. The van der Waals surface area contributed by atoms with E-state index in [2.05, 4.69) is 14.7 Å². The molecule has 1 unspecified atom stereocenters. The number of hydrogen-bond acceptors (Lipinski definition) is 7. The fourth-order valence-corrected chi connectivity index (χ4v) is 2.57. The van der Waals surface area contributed by atoms with Crippen LogP contribution >= 0.6 is 0 Å². The van der Waals surface area contributed by atoms with E-state index in [-0.39, 0.29) is 23.4 Å². The Morgan fingerprint density at radius 2 is 1.77 bits per heavy atom. The van der Waals surface area contributed by atoms with Gasteiger partial charge in [0.1, 0.15) is 0 Å². The maximum atomic E-state index is 14.0. The number of non-ortho nitro benzene ring substituents is 1. The fraction of sp³-hybridized carbons (Fsp3) is 0.211. The number of aliphatic imine (C=N–C) groups is 2. The molecule has 2 aromatic carbocycles. The molecule has 0 aromatic heterocycles. The van der Waals surface area contributed by atoms with E-state index >= 15 is 0 Å². The molecule has 1 aliphatic rings. The lowest BCUT2D eigenvalue weighted by atomic mass is 10.1. The van der Waals surface area contributed by atoms with Crippen molar-refractivity contribution in [3.63, 3.8) is 0 Å². The van der Waals surface area contributed by atoms with Gasteiger partial charge in [0, 0.05) is 23.3 Å². The number of nitro groups is 1. The summed E-state index contributed by atoms with van der Waals surface area (Å²) in [5, 5.41) is 10.8. The van der Waals surface area contributed by atoms with Crippen LogP contribution in [0.5, 0.6) is 0 Å². The van der Waals surface area contributed by atoms with E-state index in [0.29, 0.717) is 0 Å². The monoisotopic (exact) mass is 421 g/mol. The van der Waals surface area contributed by atoms with Crippen LogP contribution in [0.2, 0.25) is 0 Å². The van der Waals surface area contributed by atoms with Gasteiger partial charge in [0.05, 0.1) is 11.5 Å². The predicted molar refractivity (Wildman–Crippen MR) is 99.1 cm³/mol. The summed E-state index contributed by atoms with van der Waals surface area (Å²) >= 11 is 0. The third kappa shape index (κ3) is 3.86.